The number of hydrogen-bond donors (Lipinski definition) is 2. The molecule has 1 rings (SSSR count). The lowest BCUT2D eigenvalue weighted by Crippen LogP contribution is -2.35. The summed E-state index contributed by atoms with van der Waals surface area (Å²) in [5.41, 5.74) is 7.77. The molecule has 7 heteroatoms. The predicted molar refractivity (Wildman–Crippen MR) is 82.4 cm³/mol. The first-order valence-corrected chi connectivity index (χ1v) is 7.97. The van der Waals surface area contributed by atoms with Crippen molar-refractivity contribution >= 4 is 48.8 Å². The summed E-state index contributed by atoms with van der Waals surface area (Å²) in [4.78, 5) is -0.0524. The normalized spacial score (nSPS) is 13.1. The summed E-state index contributed by atoms with van der Waals surface area (Å²) in [6.07, 6.45) is 0. The maximum Gasteiger partial charge on any atom is 0.241 e. The van der Waals surface area contributed by atoms with Gasteiger partial charge in [-0.15, -0.1) is 0 Å². The zero-order valence-corrected chi connectivity index (χ0v) is 13.5. The highest BCUT2D eigenvalue weighted by atomic mass is 79.9. The van der Waals surface area contributed by atoms with Crippen LogP contribution >= 0.6 is 28.1 Å². The van der Waals surface area contributed by atoms with Crippen LogP contribution < -0.4 is 10.5 Å². The van der Waals surface area contributed by atoms with Crippen molar-refractivity contribution < 1.29 is 8.42 Å². The zero-order valence-electron chi connectivity index (χ0n) is 10.3. The third-order valence-corrected chi connectivity index (χ3v) is 5.34. The topological polar surface area (TPSA) is 72.2 Å². The van der Waals surface area contributed by atoms with Crippen molar-refractivity contribution in [2.45, 2.75) is 26.0 Å². The van der Waals surface area contributed by atoms with E-state index in [1.807, 2.05) is 26.0 Å². The molecule has 1 unspecified atom stereocenters. The summed E-state index contributed by atoms with van der Waals surface area (Å²) in [5, 5.41) is -0.917. The number of halogens is 1. The fourth-order valence-electron chi connectivity index (χ4n) is 1.43. The molecule has 0 bridgehead atoms. The Hall–Kier alpha value is -0.660. The van der Waals surface area contributed by atoms with Gasteiger partial charge in [0.1, 0.15) is 5.25 Å². The maximum atomic E-state index is 12.0. The van der Waals surface area contributed by atoms with Crippen molar-refractivity contribution in [3.63, 3.8) is 0 Å². The second-order valence-corrected chi connectivity index (χ2v) is 7.46. The van der Waals surface area contributed by atoms with Crippen molar-refractivity contribution in [2.24, 2.45) is 5.73 Å². The monoisotopic (exact) mass is 350 g/mol. The van der Waals surface area contributed by atoms with Gasteiger partial charge in [0, 0.05) is 4.47 Å². The number of aryl methyl sites for hydroxylation is 2. The van der Waals surface area contributed by atoms with Gasteiger partial charge in [-0.1, -0.05) is 18.3 Å². The van der Waals surface area contributed by atoms with Crippen molar-refractivity contribution in [1.29, 1.82) is 0 Å². The predicted octanol–water partition coefficient (Wildman–Crippen LogP) is 2.48. The van der Waals surface area contributed by atoms with Gasteiger partial charge in [-0.05, 0) is 53.9 Å². The van der Waals surface area contributed by atoms with E-state index in [1.54, 1.807) is 0 Å². The van der Waals surface area contributed by atoms with Gasteiger partial charge in [0.25, 0.3) is 0 Å². The molecule has 0 aliphatic carbocycles. The summed E-state index contributed by atoms with van der Waals surface area (Å²) < 4.78 is 27.3. The molecular weight excluding hydrogens is 336 g/mol. The van der Waals surface area contributed by atoms with Crippen LogP contribution in [0.25, 0.3) is 0 Å². The highest BCUT2D eigenvalue weighted by Crippen LogP contribution is 2.29. The van der Waals surface area contributed by atoms with E-state index in [0.29, 0.717) is 10.2 Å². The molecule has 0 heterocycles. The van der Waals surface area contributed by atoms with Crippen LogP contribution in [0.1, 0.15) is 18.1 Å². The smallest absolute Gasteiger partial charge is 0.241 e. The molecule has 0 fully saturated rings. The lowest BCUT2D eigenvalue weighted by molar-refractivity contribution is 0.598. The van der Waals surface area contributed by atoms with Crippen molar-refractivity contribution in [2.75, 3.05) is 4.72 Å². The fraction of sp³-hybridized carbons (Fsp3) is 0.364. The molecule has 0 amide bonds. The van der Waals surface area contributed by atoms with Gasteiger partial charge in [0.15, 0.2) is 0 Å². The molecule has 0 aromatic heterocycles. The van der Waals surface area contributed by atoms with Crippen LogP contribution in [0.5, 0.6) is 0 Å². The first-order chi connectivity index (χ1) is 8.15. The highest BCUT2D eigenvalue weighted by molar-refractivity contribution is 9.10. The van der Waals surface area contributed by atoms with E-state index in [1.165, 1.54) is 6.92 Å². The minimum absolute atomic E-state index is 0.0524. The van der Waals surface area contributed by atoms with E-state index in [9.17, 15) is 8.42 Å². The Balaban J connectivity index is 3.17. The Morgan fingerprint density at radius 2 is 2.00 bits per heavy atom. The van der Waals surface area contributed by atoms with Crippen molar-refractivity contribution in [1.82, 2.24) is 0 Å². The first-order valence-electron chi connectivity index (χ1n) is 5.23. The van der Waals surface area contributed by atoms with Gasteiger partial charge < -0.3 is 5.73 Å². The number of hydrogen-bond acceptors (Lipinski definition) is 3. The molecule has 3 N–H and O–H groups in total. The van der Waals surface area contributed by atoms with Crippen LogP contribution in [0.2, 0.25) is 0 Å². The number of nitrogens with one attached hydrogen (secondary N) is 1. The number of sulfonamides is 1. The van der Waals surface area contributed by atoms with Crippen LogP contribution in [-0.4, -0.2) is 18.7 Å². The lowest BCUT2D eigenvalue weighted by Gasteiger charge is -2.16. The SMILES string of the molecule is Cc1cc(C)c(NS(=O)(=O)C(C)C(N)=S)c(Br)c1. The molecule has 4 nitrogen and oxygen atoms in total. The second kappa shape index (κ2) is 5.54. The van der Waals surface area contributed by atoms with Crippen LogP contribution in [-0.2, 0) is 10.0 Å². The quantitative estimate of drug-likeness (QED) is 0.818. The minimum Gasteiger partial charge on any atom is -0.392 e. The van der Waals surface area contributed by atoms with Gasteiger partial charge in [0.05, 0.1) is 10.7 Å². The van der Waals surface area contributed by atoms with E-state index >= 15 is 0 Å². The largest absolute Gasteiger partial charge is 0.392 e. The highest BCUT2D eigenvalue weighted by Gasteiger charge is 2.24. The number of rotatable bonds is 4. The molecule has 0 aliphatic rings. The van der Waals surface area contributed by atoms with Gasteiger partial charge in [-0.2, -0.15) is 0 Å². The van der Waals surface area contributed by atoms with Gasteiger partial charge in [-0.25, -0.2) is 8.42 Å². The third kappa shape index (κ3) is 3.43. The molecule has 0 spiro atoms. The Bertz CT molecular complexity index is 562. The van der Waals surface area contributed by atoms with Gasteiger partial charge >= 0.3 is 0 Å². The van der Waals surface area contributed by atoms with Gasteiger partial charge in [0.2, 0.25) is 10.0 Å². The van der Waals surface area contributed by atoms with E-state index in [2.05, 4.69) is 20.7 Å². The van der Waals surface area contributed by atoms with Gasteiger partial charge in [-0.3, -0.25) is 4.72 Å². The molecule has 18 heavy (non-hydrogen) atoms. The zero-order chi connectivity index (χ0) is 14.1. The Labute approximate surface area is 121 Å². The van der Waals surface area contributed by atoms with Crippen LogP contribution in [0.15, 0.2) is 16.6 Å². The molecular formula is C11H15BrN2O2S2. The minimum atomic E-state index is -3.62. The van der Waals surface area contributed by atoms with E-state index in [0.717, 1.165) is 11.1 Å². The number of benzene rings is 1. The van der Waals surface area contributed by atoms with E-state index in [4.69, 9.17) is 18.0 Å². The maximum absolute atomic E-state index is 12.0. The van der Waals surface area contributed by atoms with E-state index < -0.39 is 15.3 Å². The summed E-state index contributed by atoms with van der Waals surface area (Å²) in [5.74, 6) is 0. The average Bonchev–Trinajstić information content (AvgIpc) is 2.22. The summed E-state index contributed by atoms with van der Waals surface area (Å²) in [6, 6.07) is 3.74. The molecule has 0 aliphatic heterocycles. The molecule has 1 aromatic carbocycles. The average molecular weight is 351 g/mol. The molecule has 0 saturated heterocycles. The summed E-state index contributed by atoms with van der Waals surface area (Å²) >= 11 is 8.06. The lowest BCUT2D eigenvalue weighted by atomic mass is 10.1. The van der Waals surface area contributed by atoms with Crippen LogP contribution in [0.4, 0.5) is 5.69 Å². The second-order valence-electron chi connectivity index (χ2n) is 4.13. The van der Waals surface area contributed by atoms with Crippen LogP contribution in [0.3, 0.4) is 0 Å². The molecule has 0 radical (unpaired) electrons. The number of anilines is 1. The Morgan fingerprint density at radius 3 is 2.44 bits per heavy atom. The summed E-state index contributed by atoms with van der Waals surface area (Å²) in [6.45, 7) is 5.23. The summed E-state index contributed by atoms with van der Waals surface area (Å²) in [7, 11) is -3.62. The Morgan fingerprint density at radius 1 is 1.44 bits per heavy atom. The molecule has 1 atom stereocenters. The number of thiocarbonyl (C=S) groups is 1. The molecule has 1 aromatic rings. The number of nitrogens with two attached hydrogens (primary N) is 1. The fourth-order valence-corrected chi connectivity index (χ4v) is 3.75. The third-order valence-electron chi connectivity index (χ3n) is 2.54. The van der Waals surface area contributed by atoms with Crippen LogP contribution in [0, 0.1) is 13.8 Å². The van der Waals surface area contributed by atoms with Crippen molar-refractivity contribution in [3.05, 3.63) is 27.7 Å². The Kier molecular flexibility index (Phi) is 4.74. The standard InChI is InChI=1S/C11H15BrN2O2S2/c1-6-4-7(2)10(9(12)5-6)14-18(15,16)8(3)11(13)17/h4-5,8,14H,1-3H3,(H2,13,17). The van der Waals surface area contributed by atoms with E-state index in [-0.39, 0.29) is 4.99 Å². The first kappa shape index (κ1) is 15.4. The van der Waals surface area contributed by atoms with Crippen molar-refractivity contribution in [3.8, 4) is 0 Å². The molecule has 0 saturated carbocycles. The molecule has 100 valence electrons.